The van der Waals surface area contributed by atoms with Crippen molar-refractivity contribution in [2.75, 3.05) is 12.4 Å². The van der Waals surface area contributed by atoms with Gasteiger partial charge in [-0.25, -0.2) is 9.82 Å². The lowest BCUT2D eigenvalue weighted by atomic mass is 10.1. The molecule has 0 aliphatic carbocycles. The number of aromatic hydroxyl groups is 1. The second-order valence-corrected chi connectivity index (χ2v) is 7.20. The Morgan fingerprint density at radius 2 is 1.65 bits per heavy atom. The number of rotatable bonds is 6. The maximum Gasteiger partial charge on any atom is 0.271 e. The molecule has 158 valence electrons. The first-order valence-corrected chi connectivity index (χ1v) is 9.73. The third-order valence-electron chi connectivity index (χ3n) is 4.17. The highest BCUT2D eigenvalue weighted by atomic mass is 79.9. The van der Waals surface area contributed by atoms with Crippen molar-refractivity contribution in [3.05, 3.63) is 87.6 Å². The molecular weight excluding hydrogens is 469 g/mol. The number of amides is 2. The molecule has 3 aromatic carbocycles. The molecule has 31 heavy (non-hydrogen) atoms. The molecule has 0 fully saturated rings. The minimum atomic E-state index is -0.478. The maximum absolute atomic E-state index is 13.0. The van der Waals surface area contributed by atoms with E-state index in [1.54, 1.807) is 24.3 Å². The third kappa shape index (κ3) is 5.67. The Balaban J connectivity index is 1.62. The number of phenolic OH excluding ortho intramolecular Hbond substituents is 1. The molecule has 0 unspecified atom stereocenters. The summed E-state index contributed by atoms with van der Waals surface area (Å²) in [6.07, 6.45) is 1.29. The van der Waals surface area contributed by atoms with Crippen molar-refractivity contribution in [1.29, 1.82) is 0 Å². The predicted molar refractivity (Wildman–Crippen MR) is 118 cm³/mol. The molecule has 7 nitrogen and oxygen atoms in total. The van der Waals surface area contributed by atoms with Crippen LogP contribution >= 0.6 is 15.9 Å². The van der Waals surface area contributed by atoms with E-state index in [0.29, 0.717) is 26.9 Å². The van der Waals surface area contributed by atoms with Crippen molar-refractivity contribution in [1.82, 2.24) is 5.43 Å². The highest BCUT2D eigenvalue weighted by Gasteiger charge is 2.10. The van der Waals surface area contributed by atoms with Crippen LogP contribution in [0, 0.1) is 5.82 Å². The summed E-state index contributed by atoms with van der Waals surface area (Å²) in [7, 11) is 1.43. The van der Waals surface area contributed by atoms with Gasteiger partial charge in [0.15, 0.2) is 11.5 Å². The molecule has 0 atom stereocenters. The first-order valence-electron chi connectivity index (χ1n) is 8.94. The van der Waals surface area contributed by atoms with Crippen LogP contribution in [0.2, 0.25) is 0 Å². The average Bonchev–Trinajstić information content (AvgIpc) is 2.76. The standard InChI is InChI=1S/C22H17BrFN3O4/c1-31-19-11-16(23)10-15(20(19)28)12-25-27-22(30)14-4-8-18(9-5-14)26-21(29)13-2-6-17(24)7-3-13/h2-12,28H,1H3,(H,26,29)(H,27,30). The minimum absolute atomic E-state index is 0.107. The van der Waals surface area contributed by atoms with Crippen LogP contribution in [-0.2, 0) is 0 Å². The van der Waals surface area contributed by atoms with E-state index in [4.69, 9.17) is 4.74 Å². The van der Waals surface area contributed by atoms with Gasteiger partial charge in [-0.05, 0) is 60.7 Å². The van der Waals surface area contributed by atoms with Gasteiger partial charge in [0.05, 0.1) is 13.3 Å². The van der Waals surface area contributed by atoms with Crippen LogP contribution in [-0.4, -0.2) is 30.2 Å². The number of hydrogen-bond acceptors (Lipinski definition) is 5. The van der Waals surface area contributed by atoms with Crippen LogP contribution in [0.25, 0.3) is 0 Å². The number of anilines is 1. The molecule has 3 rings (SSSR count). The van der Waals surface area contributed by atoms with Crippen LogP contribution in [0.1, 0.15) is 26.3 Å². The second-order valence-electron chi connectivity index (χ2n) is 6.28. The van der Waals surface area contributed by atoms with Crippen LogP contribution in [0.3, 0.4) is 0 Å². The number of benzene rings is 3. The SMILES string of the molecule is COc1cc(Br)cc(C=NNC(=O)c2ccc(NC(=O)c3ccc(F)cc3)cc2)c1O. The number of ether oxygens (including phenoxy) is 1. The summed E-state index contributed by atoms with van der Waals surface area (Å²) >= 11 is 3.30. The van der Waals surface area contributed by atoms with Gasteiger partial charge in [-0.2, -0.15) is 5.10 Å². The molecule has 0 radical (unpaired) electrons. The number of methoxy groups -OCH3 is 1. The molecule has 0 aromatic heterocycles. The van der Waals surface area contributed by atoms with Crippen molar-refractivity contribution >= 4 is 39.6 Å². The van der Waals surface area contributed by atoms with Gasteiger partial charge in [0.25, 0.3) is 11.8 Å². The number of hydrogen-bond donors (Lipinski definition) is 3. The molecule has 0 saturated heterocycles. The number of nitrogens with zero attached hydrogens (tertiary/aromatic N) is 1. The zero-order chi connectivity index (χ0) is 22.4. The largest absolute Gasteiger partial charge is 0.504 e. The van der Waals surface area contributed by atoms with Gasteiger partial charge in [0, 0.05) is 26.9 Å². The fraction of sp³-hybridized carbons (Fsp3) is 0.0455. The quantitative estimate of drug-likeness (QED) is 0.357. The maximum atomic E-state index is 13.0. The molecular formula is C22H17BrFN3O4. The minimum Gasteiger partial charge on any atom is -0.504 e. The fourth-order valence-electron chi connectivity index (χ4n) is 2.58. The molecule has 0 bridgehead atoms. The summed E-state index contributed by atoms with van der Waals surface area (Å²) in [5, 5.41) is 16.6. The van der Waals surface area contributed by atoms with Crippen molar-refractivity contribution in [2.45, 2.75) is 0 Å². The topological polar surface area (TPSA) is 100 Å². The average molecular weight is 486 g/mol. The third-order valence-corrected chi connectivity index (χ3v) is 4.63. The first-order chi connectivity index (χ1) is 14.9. The van der Waals surface area contributed by atoms with Gasteiger partial charge in [-0.15, -0.1) is 0 Å². The molecule has 3 aromatic rings. The Kier molecular flexibility index (Phi) is 6.99. The predicted octanol–water partition coefficient (Wildman–Crippen LogP) is 4.32. The highest BCUT2D eigenvalue weighted by Crippen LogP contribution is 2.32. The molecule has 0 saturated carbocycles. The van der Waals surface area contributed by atoms with E-state index in [1.807, 2.05) is 0 Å². The monoisotopic (exact) mass is 485 g/mol. The molecule has 2 amide bonds. The van der Waals surface area contributed by atoms with E-state index < -0.39 is 17.6 Å². The summed E-state index contributed by atoms with van der Waals surface area (Å²) in [6.45, 7) is 0. The summed E-state index contributed by atoms with van der Waals surface area (Å²) in [5.41, 5.74) is 3.81. The van der Waals surface area contributed by atoms with E-state index in [0.717, 1.165) is 0 Å². The highest BCUT2D eigenvalue weighted by molar-refractivity contribution is 9.10. The van der Waals surface area contributed by atoms with Crippen molar-refractivity contribution < 1.29 is 23.8 Å². The number of phenols is 1. The molecule has 0 aliphatic heterocycles. The number of carbonyl (C=O) groups is 2. The Morgan fingerprint density at radius 3 is 2.29 bits per heavy atom. The van der Waals surface area contributed by atoms with Gasteiger partial charge in [-0.1, -0.05) is 15.9 Å². The summed E-state index contributed by atoms with van der Waals surface area (Å²) < 4.78 is 18.7. The lowest BCUT2D eigenvalue weighted by Crippen LogP contribution is -2.18. The molecule has 0 aliphatic rings. The normalized spacial score (nSPS) is 10.7. The fourth-order valence-corrected chi connectivity index (χ4v) is 3.04. The van der Waals surface area contributed by atoms with Crippen molar-refractivity contribution in [3.63, 3.8) is 0 Å². The van der Waals surface area contributed by atoms with E-state index >= 15 is 0 Å². The van der Waals surface area contributed by atoms with Crippen LogP contribution in [0.4, 0.5) is 10.1 Å². The second kappa shape index (κ2) is 9.86. The van der Waals surface area contributed by atoms with E-state index in [2.05, 4.69) is 31.8 Å². The van der Waals surface area contributed by atoms with E-state index in [-0.39, 0.29) is 11.5 Å². The zero-order valence-electron chi connectivity index (χ0n) is 16.2. The summed E-state index contributed by atoms with van der Waals surface area (Å²) in [5.74, 6) is -1.14. The Hall–Kier alpha value is -3.72. The number of carbonyl (C=O) groups excluding carboxylic acids is 2. The lowest BCUT2D eigenvalue weighted by Gasteiger charge is -2.07. The van der Waals surface area contributed by atoms with Crippen LogP contribution in [0.5, 0.6) is 11.5 Å². The van der Waals surface area contributed by atoms with Crippen molar-refractivity contribution in [2.24, 2.45) is 5.10 Å². The van der Waals surface area contributed by atoms with Gasteiger partial charge in [-0.3, -0.25) is 9.59 Å². The lowest BCUT2D eigenvalue weighted by molar-refractivity contribution is 0.0954. The van der Waals surface area contributed by atoms with E-state index in [1.165, 1.54) is 49.7 Å². The smallest absolute Gasteiger partial charge is 0.271 e. The zero-order valence-corrected chi connectivity index (χ0v) is 17.8. The van der Waals surface area contributed by atoms with Gasteiger partial charge in [0.1, 0.15) is 5.82 Å². The Labute approximate surface area is 185 Å². The molecule has 0 heterocycles. The Bertz CT molecular complexity index is 1130. The molecule has 0 spiro atoms. The van der Waals surface area contributed by atoms with Crippen molar-refractivity contribution in [3.8, 4) is 11.5 Å². The molecule has 3 N–H and O–H groups in total. The van der Waals surface area contributed by atoms with Gasteiger partial charge >= 0.3 is 0 Å². The number of hydrazone groups is 1. The van der Waals surface area contributed by atoms with E-state index in [9.17, 15) is 19.1 Å². The Morgan fingerprint density at radius 1 is 1.03 bits per heavy atom. The van der Waals surface area contributed by atoms with Gasteiger partial charge in [0.2, 0.25) is 0 Å². The first kappa shape index (κ1) is 22.0. The summed E-state index contributed by atoms with van der Waals surface area (Å²) in [4.78, 5) is 24.4. The molecule has 9 heteroatoms. The number of halogens is 2. The van der Waals surface area contributed by atoms with Crippen LogP contribution < -0.4 is 15.5 Å². The van der Waals surface area contributed by atoms with Gasteiger partial charge < -0.3 is 15.2 Å². The number of nitrogens with one attached hydrogen (secondary N) is 2. The van der Waals surface area contributed by atoms with Crippen LogP contribution in [0.15, 0.2) is 70.2 Å². The summed E-state index contributed by atoms with van der Waals surface area (Å²) in [6, 6.07) is 14.5.